The van der Waals surface area contributed by atoms with Crippen molar-refractivity contribution in [3.8, 4) is 0 Å². The average molecular weight is 486 g/mol. The summed E-state index contributed by atoms with van der Waals surface area (Å²) in [6, 6.07) is 2.52. The third-order valence-corrected chi connectivity index (χ3v) is 12.2. The Hall–Kier alpha value is -0.120. The van der Waals surface area contributed by atoms with Crippen LogP contribution in [0.5, 0.6) is 0 Å². The third-order valence-electron chi connectivity index (χ3n) is 12.2. The minimum absolute atomic E-state index is 0.479. The maximum Gasteiger partial charge on any atom is 0.0609 e. The van der Waals surface area contributed by atoms with E-state index in [-0.39, 0.29) is 0 Å². The standard InChI is InChI=1S/C32H55NO2/c1-4-34-25-16-14-23(15-17-25)29-18-19-30(35-29)24-20-28(22-10-6-5-7-11-22)33-27-13-9-8-12-26(27)32(2,3)31(33)21-24/h22-31H,4-21H2,1-3H3. The largest absolute Gasteiger partial charge is 0.379 e. The van der Waals surface area contributed by atoms with Crippen molar-refractivity contribution in [3.05, 3.63) is 0 Å². The van der Waals surface area contributed by atoms with Gasteiger partial charge in [0.25, 0.3) is 0 Å². The molecule has 6 fully saturated rings. The van der Waals surface area contributed by atoms with Crippen LogP contribution in [0.15, 0.2) is 0 Å². The van der Waals surface area contributed by atoms with Crippen molar-refractivity contribution in [3.63, 3.8) is 0 Å². The summed E-state index contributed by atoms with van der Waals surface area (Å²) in [7, 11) is 0. The minimum Gasteiger partial charge on any atom is -0.379 e. The third kappa shape index (κ3) is 4.78. The van der Waals surface area contributed by atoms with Gasteiger partial charge in [0.15, 0.2) is 0 Å². The van der Waals surface area contributed by atoms with E-state index in [4.69, 9.17) is 9.47 Å². The van der Waals surface area contributed by atoms with Gasteiger partial charge in [0.2, 0.25) is 0 Å². The van der Waals surface area contributed by atoms with Gasteiger partial charge in [-0.2, -0.15) is 0 Å². The molecule has 3 aliphatic carbocycles. The number of nitrogens with zero attached hydrogens (tertiary/aromatic N) is 1. The van der Waals surface area contributed by atoms with Crippen molar-refractivity contribution >= 4 is 0 Å². The zero-order valence-electron chi connectivity index (χ0n) is 23.3. The SMILES string of the molecule is CCOC1CCC(C2CCC(C3CC(C4CCCCC4)N4C5CCCCC5C(C)(C)C4C3)O2)CC1. The van der Waals surface area contributed by atoms with Crippen molar-refractivity contribution in [1.82, 2.24) is 4.90 Å². The molecule has 0 aromatic heterocycles. The lowest BCUT2D eigenvalue weighted by atomic mass is 9.66. The first-order valence-corrected chi connectivity index (χ1v) is 16.1. The molecule has 0 bridgehead atoms. The molecule has 0 aromatic carbocycles. The molecule has 3 heteroatoms. The molecule has 0 radical (unpaired) electrons. The Labute approximate surface area is 216 Å². The van der Waals surface area contributed by atoms with Gasteiger partial charge in [-0.25, -0.2) is 0 Å². The molecule has 6 rings (SSSR count). The molecule has 7 atom stereocenters. The van der Waals surface area contributed by atoms with Crippen LogP contribution in [0.3, 0.4) is 0 Å². The topological polar surface area (TPSA) is 21.7 Å². The second kappa shape index (κ2) is 10.6. The summed E-state index contributed by atoms with van der Waals surface area (Å²) in [5, 5.41) is 0. The van der Waals surface area contributed by atoms with E-state index in [1.807, 2.05) is 0 Å². The van der Waals surface area contributed by atoms with Crippen LogP contribution in [0.4, 0.5) is 0 Å². The van der Waals surface area contributed by atoms with Gasteiger partial charge < -0.3 is 9.47 Å². The molecule has 0 amide bonds. The highest BCUT2D eigenvalue weighted by atomic mass is 16.5. The molecule has 3 nitrogen and oxygen atoms in total. The Morgan fingerprint density at radius 1 is 0.686 bits per heavy atom. The van der Waals surface area contributed by atoms with Crippen molar-refractivity contribution in [1.29, 1.82) is 0 Å². The fourth-order valence-corrected chi connectivity index (χ4v) is 10.4. The van der Waals surface area contributed by atoms with Crippen molar-refractivity contribution in [2.75, 3.05) is 6.61 Å². The van der Waals surface area contributed by atoms with Gasteiger partial charge in [0.05, 0.1) is 18.3 Å². The van der Waals surface area contributed by atoms with Crippen molar-refractivity contribution < 1.29 is 9.47 Å². The van der Waals surface area contributed by atoms with E-state index in [0.717, 1.165) is 48.4 Å². The van der Waals surface area contributed by atoms with E-state index in [1.54, 1.807) is 0 Å². The van der Waals surface area contributed by atoms with Gasteiger partial charge in [-0.3, -0.25) is 4.90 Å². The van der Waals surface area contributed by atoms with Gasteiger partial charge in [0.1, 0.15) is 0 Å². The van der Waals surface area contributed by atoms with Crippen LogP contribution in [-0.4, -0.2) is 47.9 Å². The van der Waals surface area contributed by atoms with Crippen LogP contribution in [0.2, 0.25) is 0 Å². The monoisotopic (exact) mass is 485 g/mol. The normalized spacial score (nSPS) is 46.9. The molecular formula is C32H55NO2. The molecule has 0 spiro atoms. The molecule has 7 unspecified atom stereocenters. The van der Waals surface area contributed by atoms with E-state index in [0.29, 0.717) is 23.7 Å². The zero-order valence-corrected chi connectivity index (χ0v) is 23.3. The number of hydrogen-bond donors (Lipinski definition) is 0. The van der Waals surface area contributed by atoms with E-state index < -0.39 is 0 Å². The Kier molecular flexibility index (Phi) is 7.60. The summed E-state index contributed by atoms with van der Waals surface area (Å²) in [6.45, 7) is 8.34. The highest BCUT2D eigenvalue weighted by molar-refractivity contribution is 5.12. The lowest BCUT2D eigenvalue weighted by molar-refractivity contribution is -0.0801. The van der Waals surface area contributed by atoms with Gasteiger partial charge >= 0.3 is 0 Å². The summed E-state index contributed by atoms with van der Waals surface area (Å²) < 4.78 is 13.0. The Bertz CT molecular complexity index is 694. The maximum absolute atomic E-state index is 7.05. The Morgan fingerprint density at radius 3 is 2.11 bits per heavy atom. The number of piperidine rings is 1. The zero-order chi connectivity index (χ0) is 24.0. The highest BCUT2D eigenvalue weighted by Gasteiger charge is 2.59. The van der Waals surface area contributed by atoms with Gasteiger partial charge in [-0.05, 0) is 113 Å². The summed E-state index contributed by atoms with van der Waals surface area (Å²) in [5.74, 6) is 3.48. The smallest absolute Gasteiger partial charge is 0.0609 e. The van der Waals surface area contributed by atoms with Crippen molar-refractivity contribution in [2.24, 2.45) is 29.1 Å². The minimum atomic E-state index is 0.479. The highest BCUT2D eigenvalue weighted by Crippen LogP contribution is 2.58. The Morgan fingerprint density at radius 2 is 1.37 bits per heavy atom. The van der Waals surface area contributed by atoms with Gasteiger partial charge in [-0.15, -0.1) is 0 Å². The van der Waals surface area contributed by atoms with Crippen LogP contribution >= 0.6 is 0 Å². The predicted octanol–water partition coefficient (Wildman–Crippen LogP) is 7.76. The first-order chi connectivity index (χ1) is 17.1. The molecule has 3 heterocycles. The molecule has 0 N–H and O–H groups in total. The maximum atomic E-state index is 7.05. The quantitative estimate of drug-likeness (QED) is 0.397. The second-order valence-corrected chi connectivity index (χ2v) is 14.2. The Balaban J connectivity index is 1.16. The van der Waals surface area contributed by atoms with E-state index >= 15 is 0 Å². The number of hydrogen-bond acceptors (Lipinski definition) is 3. The molecular weight excluding hydrogens is 430 g/mol. The van der Waals surface area contributed by atoms with Crippen molar-refractivity contribution in [2.45, 2.75) is 166 Å². The van der Waals surface area contributed by atoms with E-state index in [9.17, 15) is 0 Å². The fourth-order valence-electron chi connectivity index (χ4n) is 10.4. The number of fused-ring (bicyclic) bond motifs is 3. The van der Waals surface area contributed by atoms with E-state index in [2.05, 4.69) is 25.7 Å². The van der Waals surface area contributed by atoms with Crippen LogP contribution in [0.1, 0.15) is 130 Å². The van der Waals surface area contributed by atoms with Crippen LogP contribution in [-0.2, 0) is 9.47 Å². The fraction of sp³-hybridized carbons (Fsp3) is 1.00. The predicted molar refractivity (Wildman–Crippen MR) is 144 cm³/mol. The first-order valence-electron chi connectivity index (χ1n) is 16.1. The first kappa shape index (κ1) is 25.2. The van der Waals surface area contributed by atoms with E-state index in [1.165, 1.54) is 109 Å². The van der Waals surface area contributed by atoms with Gasteiger partial charge in [-0.1, -0.05) is 46.0 Å². The molecule has 35 heavy (non-hydrogen) atoms. The summed E-state index contributed by atoms with van der Waals surface area (Å²) in [4.78, 5) is 3.19. The summed E-state index contributed by atoms with van der Waals surface area (Å²) >= 11 is 0. The molecule has 3 saturated heterocycles. The van der Waals surface area contributed by atoms with Crippen LogP contribution in [0.25, 0.3) is 0 Å². The molecule has 3 saturated carbocycles. The number of ether oxygens (including phenoxy) is 2. The summed E-state index contributed by atoms with van der Waals surface area (Å²) in [5.41, 5.74) is 0.479. The van der Waals surface area contributed by atoms with Crippen LogP contribution in [0, 0.1) is 29.1 Å². The lowest BCUT2D eigenvalue weighted by Crippen LogP contribution is -2.56. The molecule has 6 aliphatic rings. The van der Waals surface area contributed by atoms with Gasteiger partial charge in [0, 0.05) is 24.7 Å². The van der Waals surface area contributed by atoms with Crippen LogP contribution < -0.4 is 0 Å². The summed E-state index contributed by atoms with van der Waals surface area (Å²) in [6.07, 6.45) is 25.6. The molecule has 200 valence electrons. The average Bonchev–Trinajstić information content (AvgIpc) is 3.47. The second-order valence-electron chi connectivity index (χ2n) is 14.2. The number of rotatable bonds is 5. The molecule has 0 aromatic rings. The lowest BCUT2D eigenvalue weighted by Gasteiger charge is -2.51. The molecule has 3 aliphatic heterocycles.